The quantitative estimate of drug-likeness (QED) is 0.395. The summed E-state index contributed by atoms with van der Waals surface area (Å²) < 4.78 is 6.86. The number of anilines is 1. The Morgan fingerprint density at radius 1 is 1.46 bits per heavy atom. The maximum Gasteiger partial charge on any atom is 0.327 e. The summed E-state index contributed by atoms with van der Waals surface area (Å²) in [6, 6.07) is 2.00. The maximum atomic E-state index is 11.4. The zero-order valence-electron chi connectivity index (χ0n) is 16.3. The smallest absolute Gasteiger partial charge is 0.327 e. The van der Waals surface area contributed by atoms with Crippen LogP contribution in [0.5, 0.6) is 0 Å². The van der Waals surface area contributed by atoms with E-state index in [4.69, 9.17) is 15.6 Å². The number of ether oxygens (including phenoxy) is 1. The van der Waals surface area contributed by atoms with Crippen molar-refractivity contribution >= 4 is 29.2 Å². The fraction of sp³-hybridized carbons (Fsp3) is 0.474. The number of aliphatic hydroxyl groups is 1. The van der Waals surface area contributed by atoms with E-state index in [1.807, 2.05) is 12.3 Å². The molecule has 9 heteroatoms. The summed E-state index contributed by atoms with van der Waals surface area (Å²) in [5, 5.41) is 12.6. The van der Waals surface area contributed by atoms with Crippen molar-refractivity contribution in [2.75, 3.05) is 25.1 Å². The first-order valence-corrected chi connectivity index (χ1v) is 9.38. The Hall–Kier alpha value is -2.94. The Balaban J connectivity index is 2.06. The van der Waals surface area contributed by atoms with Crippen LogP contribution in [0.3, 0.4) is 0 Å². The zero-order chi connectivity index (χ0) is 20.4. The van der Waals surface area contributed by atoms with Crippen LogP contribution in [0.4, 0.5) is 5.95 Å². The standard InChI is InChI=1S/C19H28N6O3/c1-3-14(4-2)13-25-6-5-15-10-22-19(24-18(15)25)23-16(9-20)11-21-12-17(27)28-8-7-26/h5-6,9-11,14,26H,3-4,7-8,12-13,20H2,1-2H3,(H,22,23,24)/b16-9+,21-11?. The topological polar surface area (TPSA) is 128 Å². The molecule has 0 atom stereocenters. The average Bonchev–Trinajstić information content (AvgIpc) is 3.11. The molecule has 0 radical (unpaired) electrons. The number of hydrogen-bond donors (Lipinski definition) is 3. The van der Waals surface area contributed by atoms with Gasteiger partial charge in [-0.3, -0.25) is 9.79 Å². The molecule has 152 valence electrons. The van der Waals surface area contributed by atoms with Gasteiger partial charge in [0.25, 0.3) is 0 Å². The number of esters is 1. The van der Waals surface area contributed by atoms with Crippen LogP contribution in [0.2, 0.25) is 0 Å². The predicted molar refractivity (Wildman–Crippen MR) is 109 cm³/mol. The average molecular weight is 388 g/mol. The van der Waals surface area contributed by atoms with E-state index in [0.717, 1.165) is 30.4 Å². The van der Waals surface area contributed by atoms with Crippen molar-refractivity contribution in [2.24, 2.45) is 16.6 Å². The molecule has 9 nitrogen and oxygen atoms in total. The third-order valence-electron chi connectivity index (χ3n) is 4.35. The molecular weight excluding hydrogens is 360 g/mol. The van der Waals surface area contributed by atoms with Crippen molar-refractivity contribution in [3.05, 3.63) is 30.4 Å². The molecule has 0 saturated carbocycles. The number of aliphatic hydroxyl groups excluding tert-OH is 1. The maximum absolute atomic E-state index is 11.4. The molecule has 0 bridgehead atoms. The summed E-state index contributed by atoms with van der Waals surface area (Å²) in [6.07, 6.45) is 8.75. The van der Waals surface area contributed by atoms with E-state index in [9.17, 15) is 4.79 Å². The van der Waals surface area contributed by atoms with Crippen molar-refractivity contribution in [1.29, 1.82) is 0 Å². The summed E-state index contributed by atoms with van der Waals surface area (Å²) >= 11 is 0. The Bertz CT molecular complexity index is 826. The number of aliphatic imine (C=N–C) groups is 1. The van der Waals surface area contributed by atoms with Gasteiger partial charge >= 0.3 is 5.97 Å². The Labute approximate surface area is 164 Å². The Morgan fingerprint density at radius 3 is 2.93 bits per heavy atom. The van der Waals surface area contributed by atoms with Crippen molar-refractivity contribution in [3.8, 4) is 0 Å². The van der Waals surface area contributed by atoms with Crippen molar-refractivity contribution < 1.29 is 14.6 Å². The predicted octanol–water partition coefficient (Wildman–Crippen LogP) is 1.69. The van der Waals surface area contributed by atoms with Gasteiger partial charge in [-0.1, -0.05) is 26.7 Å². The van der Waals surface area contributed by atoms with Gasteiger partial charge in [-0.25, -0.2) is 4.98 Å². The second kappa shape index (κ2) is 11.0. The molecule has 2 rings (SSSR count). The molecule has 0 amide bonds. The fourth-order valence-electron chi connectivity index (χ4n) is 2.67. The van der Waals surface area contributed by atoms with E-state index in [-0.39, 0.29) is 19.8 Å². The summed E-state index contributed by atoms with van der Waals surface area (Å²) in [5.41, 5.74) is 6.92. The van der Waals surface area contributed by atoms with E-state index in [1.165, 1.54) is 12.4 Å². The van der Waals surface area contributed by atoms with Crippen molar-refractivity contribution in [1.82, 2.24) is 14.5 Å². The minimum atomic E-state index is -0.529. The van der Waals surface area contributed by atoms with Crippen LogP contribution in [0.15, 0.2) is 35.3 Å². The van der Waals surface area contributed by atoms with Crippen LogP contribution in [0.1, 0.15) is 26.7 Å². The van der Waals surface area contributed by atoms with E-state index in [1.54, 1.807) is 6.20 Å². The van der Waals surface area contributed by atoms with Crippen LogP contribution in [-0.2, 0) is 16.1 Å². The third kappa shape index (κ3) is 6.05. The number of aromatic nitrogens is 3. The van der Waals surface area contributed by atoms with Gasteiger partial charge in [0.05, 0.1) is 12.3 Å². The lowest BCUT2D eigenvalue weighted by Gasteiger charge is -2.14. The summed E-state index contributed by atoms with van der Waals surface area (Å²) in [5.74, 6) is 0.459. The molecule has 0 spiro atoms. The number of nitrogens with one attached hydrogen (secondary N) is 1. The largest absolute Gasteiger partial charge is 0.462 e. The molecule has 0 saturated heterocycles. The number of nitrogens with zero attached hydrogens (tertiary/aromatic N) is 4. The summed E-state index contributed by atoms with van der Waals surface area (Å²) in [6.45, 7) is 4.86. The van der Waals surface area contributed by atoms with Crippen LogP contribution >= 0.6 is 0 Å². The second-order valence-electron chi connectivity index (χ2n) is 6.28. The van der Waals surface area contributed by atoms with Gasteiger partial charge in [-0.2, -0.15) is 4.98 Å². The number of carbonyl (C=O) groups excluding carboxylic acids is 1. The molecule has 0 unspecified atom stereocenters. The van der Waals surface area contributed by atoms with Gasteiger partial charge in [-0.05, 0) is 12.0 Å². The van der Waals surface area contributed by atoms with Crippen molar-refractivity contribution in [3.63, 3.8) is 0 Å². The molecule has 0 aliphatic rings. The highest BCUT2D eigenvalue weighted by molar-refractivity contribution is 5.85. The van der Waals surface area contributed by atoms with Crippen LogP contribution in [0.25, 0.3) is 11.0 Å². The molecule has 4 N–H and O–H groups in total. The molecule has 0 fully saturated rings. The highest BCUT2D eigenvalue weighted by Crippen LogP contribution is 2.19. The monoisotopic (exact) mass is 388 g/mol. The van der Waals surface area contributed by atoms with Gasteiger partial charge in [0.2, 0.25) is 5.95 Å². The first-order chi connectivity index (χ1) is 13.6. The van der Waals surface area contributed by atoms with E-state index in [2.05, 4.69) is 38.7 Å². The number of hydrogen-bond acceptors (Lipinski definition) is 8. The van der Waals surface area contributed by atoms with Gasteiger partial charge in [0.15, 0.2) is 0 Å². The third-order valence-corrected chi connectivity index (χ3v) is 4.35. The SMILES string of the molecule is CCC(CC)Cn1ccc2cnc(N/C(C=NCC(=O)OCCO)=C/N)nc21. The molecule has 2 heterocycles. The van der Waals surface area contributed by atoms with E-state index < -0.39 is 5.97 Å². The minimum Gasteiger partial charge on any atom is -0.462 e. The highest BCUT2D eigenvalue weighted by atomic mass is 16.5. The van der Waals surface area contributed by atoms with Gasteiger partial charge < -0.3 is 25.5 Å². The molecule has 28 heavy (non-hydrogen) atoms. The molecule has 0 aliphatic heterocycles. The lowest BCUT2D eigenvalue weighted by Crippen LogP contribution is -2.13. The molecule has 0 aromatic carbocycles. The first kappa shape index (κ1) is 21.4. The minimum absolute atomic E-state index is 0.0450. The Kier molecular flexibility index (Phi) is 8.41. The normalized spacial score (nSPS) is 12.2. The number of rotatable bonds is 11. The fourth-order valence-corrected chi connectivity index (χ4v) is 2.67. The van der Waals surface area contributed by atoms with Crippen molar-refractivity contribution in [2.45, 2.75) is 33.2 Å². The summed E-state index contributed by atoms with van der Waals surface area (Å²) in [4.78, 5) is 24.2. The Morgan fingerprint density at radius 2 is 2.25 bits per heavy atom. The van der Waals surface area contributed by atoms with E-state index in [0.29, 0.717) is 17.6 Å². The van der Waals surface area contributed by atoms with Crippen LogP contribution in [0, 0.1) is 5.92 Å². The van der Waals surface area contributed by atoms with E-state index >= 15 is 0 Å². The first-order valence-electron chi connectivity index (χ1n) is 9.38. The van der Waals surface area contributed by atoms with Gasteiger partial charge in [-0.15, -0.1) is 0 Å². The summed E-state index contributed by atoms with van der Waals surface area (Å²) in [7, 11) is 0. The molecule has 2 aromatic heterocycles. The second-order valence-corrected chi connectivity index (χ2v) is 6.28. The number of carbonyl (C=O) groups is 1. The van der Waals surface area contributed by atoms with Crippen LogP contribution < -0.4 is 11.1 Å². The highest BCUT2D eigenvalue weighted by Gasteiger charge is 2.10. The number of allylic oxidation sites excluding steroid dienone is 1. The zero-order valence-corrected chi connectivity index (χ0v) is 16.3. The molecule has 2 aromatic rings. The van der Waals surface area contributed by atoms with Gasteiger partial charge in [0.1, 0.15) is 18.8 Å². The lowest BCUT2D eigenvalue weighted by molar-refractivity contribution is -0.142. The number of fused-ring (bicyclic) bond motifs is 1. The molecular formula is C19H28N6O3. The van der Waals surface area contributed by atoms with Gasteiger partial charge in [0, 0.05) is 36.7 Å². The molecule has 0 aliphatic carbocycles. The number of nitrogens with two attached hydrogens (primary N) is 1. The van der Waals surface area contributed by atoms with Crippen LogP contribution in [-0.4, -0.2) is 51.6 Å². The lowest BCUT2D eigenvalue weighted by atomic mass is 10.0.